The van der Waals surface area contributed by atoms with Gasteiger partial charge in [0, 0.05) is 55.2 Å². The van der Waals surface area contributed by atoms with E-state index in [-0.39, 0.29) is 23.7 Å². The van der Waals surface area contributed by atoms with Crippen LogP contribution in [0.3, 0.4) is 0 Å². The van der Waals surface area contributed by atoms with Crippen LogP contribution in [0.5, 0.6) is 0 Å². The number of allylic oxidation sites excluding steroid dienone is 3. The fourth-order valence-electron chi connectivity index (χ4n) is 6.25. The van der Waals surface area contributed by atoms with Crippen LogP contribution in [0.4, 0.5) is 4.79 Å². The zero-order valence-corrected chi connectivity index (χ0v) is 30.0. The molecule has 4 rings (SSSR count). The maximum Gasteiger partial charge on any atom is 0.410 e. The molecule has 254 valence electrons. The molecule has 2 saturated heterocycles. The monoisotopic (exact) mass is 661 g/mol. The molecule has 2 aliphatic rings. The second-order valence-corrected chi connectivity index (χ2v) is 14.0. The molecular formula is C38H52ClN5O3. The Kier molecular flexibility index (Phi) is 14.5. The summed E-state index contributed by atoms with van der Waals surface area (Å²) in [6.07, 6.45) is 20.6. The molecule has 0 saturated carbocycles. The van der Waals surface area contributed by atoms with E-state index in [9.17, 15) is 9.59 Å². The van der Waals surface area contributed by atoms with Crippen molar-refractivity contribution in [3.63, 3.8) is 0 Å². The summed E-state index contributed by atoms with van der Waals surface area (Å²) in [6, 6.07) is 5.74. The molecule has 0 spiro atoms. The standard InChI is InChI=1S/C28H35ClN2O3.C10H17N3/c1-8-14-30-25(9-2)26(21-12-15-31(16-13-21)27(33)34-28(5,6)7)24-11-10-23(29)18-22(24)17-19(3)20(4)32;1-12-5-2-3-10(7-12)8-13-6-4-11-9-13/h1,9-11,14,17-18,21,26H,12-13,15-16H2,2-7H3;4,6,9-10H,2-3,5,7-8H2,1H3/b19-17+,25-9-,30-14?;/t;10-/m.1/s1. The SMILES string of the molecule is C#CC=N/C(=C\C)C(c1ccc(Cl)cc1/C=C(\C)C(C)=O)C1CCN(C(=O)OC(C)(C)C)CC1.CN1CCC[C@@H](Cn2ccnc2)C1. The van der Waals surface area contributed by atoms with Crippen LogP contribution in [0, 0.1) is 24.2 Å². The van der Waals surface area contributed by atoms with Crippen molar-refractivity contribution < 1.29 is 14.3 Å². The third kappa shape index (κ3) is 12.1. The zero-order chi connectivity index (χ0) is 34.6. The van der Waals surface area contributed by atoms with Crippen LogP contribution in [0.2, 0.25) is 5.02 Å². The van der Waals surface area contributed by atoms with Gasteiger partial charge in [0.2, 0.25) is 0 Å². The lowest BCUT2D eigenvalue weighted by molar-refractivity contribution is -0.113. The number of halogens is 1. The Morgan fingerprint density at radius 2 is 1.91 bits per heavy atom. The third-order valence-corrected chi connectivity index (χ3v) is 8.86. The highest BCUT2D eigenvalue weighted by atomic mass is 35.5. The topological polar surface area (TPSA) is 80.0 Å². The van der Waals surface area contributed by atoms with Gasteiger partial charge in [-0.2, -0.15) is 0 Å². The molecule has 0 bridgehead atoms. The van der Waals surface area contributed by atoms with E-state index in [4.69, 9.17) is 22.8 Å². The Hall–Kier alpha value is -3.67. The Balaban J connectivity index is 0.000000380. The molecular weight excluding hydrogens is 610 g/mol. The lowest BCUT2D eigenvalue weighted by atomic mass is 9.76. The first-order valence-corrected chi connectivity index (χ1v) is 16.9. The van der Waals surface area contributed by atoms with Gasteiger partial charge in [-0.15, -0.1) is 6.42 Å². The number of rotatable bonds is 8. The summed E-state index contributed by atoms with van der Waals surface area (Å²) in [5.41, 5.74) is 2.89. The molecule has 2 fully saturated rings. The van der Waals surface area contributed by atoms with E-state index >= 15 is 0 Å². The van der Waals surface area contributed by atoms with E-state index in [1.54, 1.807) is 18.7 Å². The Labute approximate surface area is 286 Å². The molecule has 8 nitrogen and oxygen atoms in total. The predicted octanol–water partition coefficient (Wildman–Crippen LogP) is 7.90. The lowest BCUT2D eigenvalue weighted by Gasteiger charge is -2.37. The fraction of sp³-hybridized carbons (Fsp3) is 0.526. The van der Waals surface area contributed by atoms with E-state index in [2.05, 4.69) is 38.6 Å². The minimum atomic E-state index is -0.530. The van der Waals surface area contributed by atoms with Crippen molar-refractivity contribution in [1.82, 2.24) is 19.4 Å². The van der Waals surface area contributed by atoms with Gasteiger partial charge < -0.3 is 19.1 Å². The van der Waals surface area contributed by atoms with Crippen LogP contribution >= 0.6 is 11.6 Å². The molecule has 0 aliphatic carbocycles. The minimum Gasteiger partial charge on any atom is -0.444 e. The van der Waals surface area contributed by atoms with Gasteiger partial charge in [-0.1, -0.05) is 29.7 Å². The summed E-state index contributed by atoms with van der Waals surface area (Å²) < 4.78 is 7.74. The van der Waals surface area contributed by atoms with Gasteiger partial charge in [0.15, 0.2) is 5.78 Å². The average molecular weight is 662 g/mol. The van der Waals surface area contributed by atoms with Gasteiger partial charge in [0.05, 0.1) is 12.5 Å². The van der Waals surface area contributed by atoms with Crippen LogP contribution in [0.1, 0.15) is 84.3 Å². The van der Waals surface area contributed by atoms with Crippen LogP contribution in [-0.4, -0.2) is 76.3 Å². The number of hydrogen-bond donors (Lipinski definition) is 0. The highest BCUT2D eigenvalue weighted by Crippen LogP contribution is 2.41. The summed E-state index contributed by atoms with van der Waals surface area (Å²) >= 11 is 6.33. The number of piperidine rings is 2. The zero-order valence-electron chi connectivity index (χ0n) is 29.2. The molecule has 47 heavy (non-hydrogen) atoms. The predicted molar refractivity (Wildman–Crippen MR) is 193 cm³/mol. The summed E-state index contributed by atoms with van der Waals surface area (Å²) in [5.74, 6) is 3.44. The number of likely N-dealkylation sites (tertiary alicyclic amines) is 2. The Morgan fingerprint density at radius 1 is 1.19 bits per heavy atom. The van der Waals surface area contributed by atoms with Gasteiger partial charge in [0.1, 0.15) is 5.60 Å². The van der Waals surface area contributed by atoms with Crippen LogP contribution in [0.25, 0.3) is 6.08 Å². The van der Waals surface area contributed by atoms with Crippen LogP contribution < -0.4 is 0 Å². The van der Waals surface area contributed by atoms with Crippen LogP contribution in [-0.2, 0) is 16.1 Å². The molecule has 1 unspecified atom stereocenters. The summed E-state index contributed by atoms with van der Waals surface area (Å²) in [5, 5.41) is 0.596. The molecule has 2 atom stereocenters. The number of nitrogens with zero attached hydrogens (tertiary/aromatic N) is 5. The molecule has 9 heteroatoms. The maximum absolute atomic E-state index is 12.6. The van der Waals surface area contributed by atoms with Crippen molar-refractivity contribution in [3.8, 4) is 12.3 Å². The van der Waals surface area contributed by atoms with Crippen LogP contribution in [0.15, 0.2) is 59.3 Å². The first-order valence-electron chi connectivity index (χ1n) is 16.6. The summed E-state index contributed by atoms with van der Waals surface area (Å²) in [4.78, 5) is 37.3. The second kappa shape index (κ2) is 18.0. The quantitative estimate of drug-likeness (QED) is 0.163. The van der Waals surface area contributed by atoms with Gasteiger partial charge in [0.25, 0.3) is 0 Å². The minimum absolute atomic E-state index is 0.00440. The number of Topliss-reactive ketones (excluding diaryl/α,β-unsaturated/α-hetero) is 1. The maximum atomic E-state index is 12.6. The Morgan fingerprint density at radius 3 is 2.49 bits per heavy atom. The van der Waals surface area contributed by atoms with Gasteiger partial charge in [-0.05, 0) is 128 Å². The van der Waals surface area contributed by atoms with Crippen molar-refractivity contribution >= 4 is 35.8 Å². The van der Waals surface area contributed by atoms with Crippen molar-refractivity contribution in [2.45, 2.75) is 85.3 Å². The van der Waals surface area contributed by atoms with Crippen molar-refractivity contribution in [1.29, 1.82) is 0 Å². The number of aromatic nitrogens is 2. The largest absolute Gasteiger partial charge is 0.444 e. The van der Waals surface area contributed by atoms with E-state index in [0.717, 1.165) is 42.1 Å². The number of benzene rings is 1. The normalized spacial score (nSPS) is 19.1. The lowest BCUT2D eigenvalue weighted by Crippen LogP contribution is -2.42. The molecule has 3 heterocycles. The fourth-order valence-corrected chi connectivity index (χ4v) is 6.43. The number of hydrogen-bond acceptors (Lipinski definition) is 6. The third-order valence-electron chi connectivity index (χ3n) is 8.63. The van der Waals surface area contributed by atoms with Crippen molar-refractivity contribution in [3.05, 3.63) is 70.4 Å². The van der Waals surface area contributed by atoms with E-state index in [0.29, 0.717) is 23.7 Å². The van der Waals surface area contributed by atoms with Gasteiger partial charge >= 0.3 is 6.09 Å². The molecule has 1 aromatic carbocycles. The van der Waals surface area contributed by atoms with E-state index in [1.807, 2.05) is 70.6 Å². The number of imidazole rings is 1. The van der Waals surface area contributed by atoms with Crippen molar-refractivity contribution in [2.24, 2.45) is 16.8 Å². The molecule has 0 radical (unpaired) electrons. The number of amides is 1. The van der Waals surface area contributed by atoms with Gasteiger partial charge in [-0.25, -0.2) is 9.78 Å². The summed E-state index contributed by atoms with van der Waals surface area (Å²) in [6.45, 7) is 15.7. The molecule has 1 amide bonds. The highest BCUT2D eigenvalue weighted by Gasteiger charge is 2.34. The smallest absolute Gasteiger partial charge is 0.410 e. The van der Waals surface area contributed by atoms with E-state index in [1.165, 1.54) is 32.1 Å². The van der Waals surface area contributed by atoms with E-state index < -0.39 is 5.60 Å². The first-order chi connectivity index (χ1) is 22.3. The number of aliphatic imine (C=N–C) groups is 1. The van der Waals surface area contributed by atoms with Gasteiger partial charge in [-0.3, -0.25) is 9.79 Å². The highest BCUT2D eigenvalue weighted by molar-refractivity contribution is 6.30. The molecule has 0 N–H and O–H groups in total. The number of terminal acetylenes is 1. The van der Waals surface area contributed by atoms with Crippen molar-refractivity contribution in [2.75, 3.05) is 33.2 Å². The molecule has 2 aromatic rings. The number of carbonyl (C=O) groups is 2. The first kappa shape index (κ1) is 37.8. The Bertz CT molecular complexity index is 1460. The number of ether oxygens (including phenoxy) is 1. The average Bonchev–Trinajstić information content (AvgIpc) is 3.52. The summed E-state index contributed by atoms with van der Waals surface area (Å²) in [7, 11) is 2.21. The second-order valence-electron chi connectivity index (χ2n) is 13.6. The molecule has 2 aliphatic heterocycles. The number of carbonyl (C=O) groups excluding carboxylic acids is 2. The number of ketones is 1. The molecule has 1 aromatic heterocycles.